The van der Waals surface area contributed by atoms with Crippen molar-refractivity contribution in [2.24, 2.45) is 0 Å². The molecule has 1 aromatic heterocycles. The number of benzene rings is 2. The van der Waals surface area contributed by atoms with Gasteiger partial charge in [-0.3, -0.25) is 4.79 Å². The maximum absolute atomic E-state index is 11.3. The van der Waals surface area contributed by atoms with Gasteiger partial charge in [0.15, 0.2) is 17.4 Å². The standard InChI is InChI=1S/C19H19N5O/c1-13(25)15-7-9-16(10-8-15)24-19-17(20)18(22-12-23-19)21-11-14-5-3-2-4-6-14/h2-10,12H,11,20H2,1H3,(H2,21,22,23,24). The van der Waals surface area contributed by atoms with E-state index in [1.807, 2.05) is 42.5 Å². The summed E-state index contributed by atoms with van der Waals surface area (Å²) in [7, 11) is 0. The summed E-state index contributed by atoms with van der Waals surface area (Å²) in [5, 5.41) is 6.37. The molecule has 25 heavy (non-hydrogen) atoms. The van der Waals surface area contributed by atoms with Crippen molar-refractivity contribution >= 4 is 28.8 Å². The lowest BCUT2D eigenvalue weighted by molar-refractivity contribution is 0.101. The zero-order valence-electron chi connectivity index (χ0n) is 13.9. The average molecular weight is 333 g/mol. The van der Waals surface area contributed by atoms with Gasteiger partial charge >= 0.3 is 0 Å². The first-order chi connectivity index (χ1) is 12.1. The van der Waals surface area contributed by atoms with Crippen LogP contribution in [0.4, 0.5) is 23.0 Å². The molecule has 0 aliphatic carbocycles. The topological polar surface area (TPSA) is 92.9 Å². The summed E-state index contributed by atoms with van der Waals surface area (Å²) in [6.45, 7) is 2.16. The summed E-state index contributed by atoms with van der Waals surface area (Å²) in [6, 6.07) is 17.1. The van der Waals surface area contributed by atoms with Crippen molar-refractivity contribution in [1.82, 2.24) is 9.97 Å². The number of carbonyl (C=O) groups is 1. The SMILES string of the molecule is CC(=O)c1ccc(Nc2ncnc(NCc3ccccc3)c2N)cc1. The number of nitrogens with one attached hydrogen (secondary N) is 2. The highest BCUT2D eigenvalue weighted by Crippen LogP contribution is 2.26. The first-order valence-electron chi connectivity index (χ1n) is 7.90. The van der Waals surface area contributed by atoms with Gasteiger partial charge in [-0.05, 0) is 36.8 Å². The van der Waals surface area contributed by atoms with Crippen LogP contribution in [0.5, 0.6) is 0 Å². The molecule has 0 bridgehead atoms. The molecule has 0 aliphatic rings. The van der Waals surface area contributed by atoms with Gasteiger partial charge < -0.3 is 16.4 Å². The van der Waals surface area contributed by atoms with E-state index in [0.29, 0.717) is 29.4 Å². The van der Waals surface area contributed by atoms with Crippen LogP contribution in [0.3, 0.4) is 0 Å². The Balaban J connectivity index is 1.73. The number of nitrogens with two attached hydrogens (primary N) is 1. The quantitative estimate of drug-likeness (QED) is 0.597. The van der Waals surface area contributed by atoms with Gasteiger partial charge in [-0.1, -0.05) is 30.3 Å². The van der Waals surface area contributed by atoms with Crippen LogP contribution in [0.25, 0.3) is 0 Å². The Kier molecular flexibility index (Phi) is 4.89. The Morgan fingerprint density at radius 1 is 1.00 bits per heavy atom. The molecule has 3 rings (SSSR count). The van der Waals surface area contributed by atoms with E-state index < -0.39 is 0 Å². The third-order valence-electron chi connectivity index (χ3n) is 3.74. The molecule has 2 aromatic carbocycles. The third-order valence-corrected chi connectivity index (χ3v) is 3.74. The zero-order chi connectivity index (χ0) is 17.6. The lowest BCUT2D eigenvalue weighted by Crippen LogP contribution is -2.08. The lowest BCUT2D eigenvalue weighted by Gasteiger charge is -2.12. The van der Waals surface area contributed by atoms with Gasteiger partial charge in [-0.15, -0.1) is 0 Å². The van der Waals surface area contributed by atoms with Crippen LogP contribution in [-0.4, -0.2) is 15.8 Å². The average Bonchev–Trinajstić information content (AvgIpc) is 2.64. The first kappa shape index (κ1) is 16.4. The molecule has 0 saturated heterocycles. The Labute approximate surface area is 146 Å². The molecule has 126 valence electrons. The number of nitrogens with zero attached hydrogens (tertiary/aromatic N) is 2. The van der Waals surface area contributed by atoms with E-state index in [-0.39, 0.29) is 5.78 Å². The number of hydrogen-bond acceptors (Lipinski definition) is 6. The predicted molar refractivity (Wildman–Crippen MR) is 99.9 cm³/mol. The number of aromatic nitrogens is 2. The molecule has 0 spiro atoms. The molecule has 3 aromatic rings. The number of nitrogen functional groups attached to an aromatic ring is 1. The summed E-state index contributed by atoms with van der Waals surface area (Å²) in [4.78, 5) is 19.7. The van der Waals surface area contributed by atoms with Crippen LogP contribution in [-0.2, 0) is 6.54 Å². The number of carbonyl (C=O) groups excluding carboxylic acids is 1. The fourth-order valence-electron chi connectivity index (χ4n) is 2.34. The largest absolute Gasteiger partial charge is 0.393 e. The van der Waals surface area contributed by atoms with Crippen molar-refractivity contribution in [3.05, 3.63) is 72.1 Å². The van der Waals surface area contributed by atoms with Crippen molar-refractivity contribution in [2.75, 3.05) is 16.4 Å². The minimum atomic E-state index is 0.0282. The summed E-state index contributed by atoms with van der Waals surface area (Å²) < 4.78 is 0. The fourth-order valence-corrected chi connectivity index (χ4v) is 2.34. The van der Waals surface area contributed by atoms with E-state index >= 15 is 0 Å². The Morgan fingerprint density at radius 2 is 1.68 bits per heavy atom. The molecule has 0 radical (unpaired) electrons. The van der Waals surface area contributed by atoms with E-state index in [1.165, 1.54) is 13.3 Å². The van der Waals surface area contributed by atoms with Crippen molar-refractivity contribution in [2.45, 2.75) is 13.5 Å². The molecule has 6 nitrogen and oxygen atoms in total. The van der Waals surface area contributed by atoms with E-state index in [4.69, 9.17) is 5.73 Å². The van der Waals surface area contributed by atoms with Crippen LogP contribution in [0.1, 0.15) is 22.8 Å². The van der Waals surface area contributed by atoms with Gasteiger partial charge in [0.05, 0.1) is 0 Å². The van der Waals surface area contributed by atoms with Gasteiger partial charge in [-0.2, -0.15) is 0 Å². The van der Waals surface area contributed by atoms with Crippen LogP contribution >= 0.6 is 0 Å². The highest BCUT2D eigenvalue weighted by molar-refractivity contribution is 5.94. The second-order valence-electron chi connectivity index (χ2n) is 5.58. The van der Waals surface area contributed by atoms with E-state index in [9.17, 15) is 4.79 Å². The number of Topliss-reactive ketones (excluding diaryl/α,β-unsaturated/α-hetero) is 1. The Morgan fingerprint density at radius 3 is 2.36 bits per heavy atom. The van der Waals surface area contributed by atoms with Crippen LogP contribution < -0.4 is 16.4 Å². The summed E-state index contributed by atoms with van der Waals surface area (Å²) in [6.07, 6.45) is 1.45. The van der Waals surface area contributed by atoms with E-state index in [0.717, 1.165) is 11.3 Å². The molecule has 1 heterocycles. The molecule has 0 atom stereocenters. The third kappa shape index (κ3) is 4.11. The summed E-state index contributed by atoms with van der Waals surface area (Å²) >= 11 is 0. The highest BCUT2D eigenvalue weighted by Gasteiger charge is 2.08. The summed E-state index contributed by atoms with van der Waals surface area (Å²) in [5.74, 6) is 1.11. The van der Waals surface area contributed by atoms with Gasteiger partial charge in [0, 0.05) is 17.8 Å². The fraction of sp³-hybridized carbons (Fsp3) is 0.105. The molecule has 0 fully saturated rings. The number of rotatable bonds is 6. The maximum Gasteiger partial charge on any atom is 0.159 e. The Hall–Kier alpha value is -3.41. The van der Waals surface area contributed by atoms with Crippen molar-refractivity contribution in [3.63, 3.8) is 0 Å². The molecule has 0 aliphatic heterocycles. The van der Waals surface area contributed by atoms with Crippen molar-refractivity contribution in [3.8, 4) is 0 Å². The van der Waals surface area contributed by atoms with Crippen molar-refractivity contribution in [1.29, 1.82) is 0 Å². The predicted octanol–water partition coefficient (Wildman–Crippen LogP) is 3.62. The number of anilines is 4. The van der Waals surface area contributed by atoms with Gasteiger partial charge in [0.25, 0.3) is 0 Å². The first-order valence-corrected chi connectivity index (χ1v) is 7.90. The summed E-state index contributed by atoms with van der Waals surface area (Å²) in [5.41, 5.74) is 9.20. The van der Waals surface area contributed by atoms with Gasteiger partial charge in [0.1, 0.15) is 12.0 Å². The second kappa shape index (κ2) is 7.44. The normalized spacial score (nSPS) is 10.3. The van der Waals surface area contributed by atoms with E-state index in [1.54, 1.807) is 12.1 Å². The molecule has 4 N–H and O–H groups in total. The monoisotopic (exact) mass is 333 g/mol. The Bertz CT molecular complexity index is 863. The second-order valence-corrected chi connectivity index (χ2v) is 5.58. The smallest absolute Gasteiger partial charge is 0.159 e. The van der Waals surface area contributed by atoms with Crippen molar-refractivity contribution < 1.29 is 4.79 Å². The molecular weight excluding hydrogens is 314 g/mol. The van der Waals surface area contributed by atoms with Crippen LogP contribution in [0.2, 0.25) is 0 Å². The maximum atomic E-state index is 11.3. The van der Waals surface area contributed by atoms with E-state index in [2.05, 4.69) is 20.6 Å². The van der Waals surface area contributed by atoms with Gasteiger partial charge in [-0.25, -0.2) is 9.97 Å². The van der Waals surface area contributed by atoms with Gasteiger partial charge in [0.2, 0.25) is 0 Å². The minimum Gasteiger partial charge on any atom is -0.393 e. The molecule has 0 unspecified atom stereocenters. The highest BCUT2D eigenvalue weighted by atomic mass is 16.1. The van der Waals surface area contributed by atoms with Crippen LogP contribution in [0.15, 0.2) is 60.9 Å². The molecule has 6 heteroatoms. The molecule has 0 amide bonds. The molecular formula is C19H19N5O. The van der Waals surface area contributed by atoms with Crippen LogP contribution in [0, 0.1) is 0 Å². The molecule has 0 saturated carbocycles. The lowest BCUT2D eigenvalue weighted by atomic mass is 10.1. The zero-order valence-corrected chi connectivity index (χ0v) is 13.9. The number of ketones is 1. The number of hydrogen-bond donors (Lipinski definition) is 3. The minimum absolute atomic E-state index is 0.0282.